The van der Waals surface area contributed by atoms with Gasteiger partial charge in [-0.2, -0.15) is 171 Å². The van der Waals surface area contributed by atoms with Crippen molar-refractivity contribution in [2.45, 2.75) is 290 Å². The van der Waals surface area contributed by atoms with E-state index in [1.165, 1.54) is 0 Å². The number of carbonyl (C=O) groups excluding carboxylic acids is 7. The minimum Gasteiger partial charge on any atom is -0.462 e. The molecular formula is C77H87F43O18. The molecule has 6 unspecified atom stereocenters. The van der Waals surface area contributed by atoms with Crippen molar-refractivity contribution in [3.05, 3.63) is 85.1 Å². The molecule has 0 radical (unpaired) electrons. The number of esters is 7. The number of hydrogen-bond donors (Lipinski definition) is 4. The highest BCUT2D eigenvalue weighted by molar-refractivity contribution is 5.90. The molecule has 3 fully saturated rings. The summed E-state index contributed by atoms with van der Waals surface area (Å²) >= 11 is 0. The lowest BCUT2D eigenvalue weighted by molar-refractivity contribution is -0.411. The van der Waals surface area contributed by atoms with E-state index in [0.717, 1.165) is 20.8 Å². The Hall–Kier alpha value is -8.70. The summed E-state index contributed by atoms with van der Waals surface area (Å²) in [5.41, 5.74) is -37.5. The predicted octanol–water partition coefficient (Wildman–Crippen LogP) is 22.0. The molecule has 0 aromatic carbocycles. The van der Waals surface area contributed by atoms with Crippen LogP contribution in [0.15, 0.2) is 85.1 Å². The summed E-state index contributed by atoms with van der Waals surface area (Å²) in [6.07, 6.45) is -57.2. The third-order valence-electron chi connectivity index (χ3n) is 20.2. The van der Waals surface area contributed by atoms with E-state index in [9.17, 15) is 233 Å². The summed E-state index contributed by atoms with van der Waals surface area (Å²) in [6.45, 7) is 22.5. The standard InChI is InChI=1S/C14H16F6O3.C13H12F8O2.C12H14F6O3.C10H9F9O3.C10H12F6O3.C9H8F8O2.C9H16O2/c1-11(2,12(22,13(15,16)17)14(18,19)20)23-10(21)9-6-7-3-4-8(9)5-7;14-10(15)12(18,19)13(20,21)11(16,17)5-23-9(22)8-4-6-1-2-7(8)3-6;1-7(2)8(19)21-9(5-3-4-6-9)10(20,11(13,14)15)12(16,17)18;1-4(7(11,12)13)5(20)22-6(2,3)8(21,9(14,15)16)10(17,18)19;1-5(2)6(17)19-7(3,4)8(18,9(11,12)13)10(14,15)16;1-4(2)5(18)19-3-7(12,13)9(16,17)8(14,15)6(10)11;1-7(2)8(10)11-6-9(3,4)5/h3-4,7-9,22H,5-6H2,1-2H3;1-2,6-8,10H,3-5H2;20H,1,3-6H2,2H3;21H,1H2,2-3H3;18H,1H2,2-4H3;6H,1,3H2,2H3;1,6H2,2-5H3. The van der Waals surface area contributed by atoms with E-state index in [1.54, 1.807) is 19.1 Å². The van der Waals surface area contributed by atoms with E-state index in [4.69, 9.17) is 14.9 Å². The molecule has 0 aliphatic heterocycles. The van der Waals surface area contributed by atoms with Gasteiger partial charge >= 0.3 is 146 Å². The Morgan fingerprint density at radius 2 is 0.601 bits per heavy atom. The van der Waals surface area contributed by atoms with Crippen LogP contribution in [0.2, 0.25) is 0 Å². The van der Waals surface area contributed by atoms with Gasteiger partial charge < -0.3 is 53.6 Å². The normalized spacial score (nSPS) is 19.3. The highest BCUT2D eigenvalue weighted by Gasteiger charge is 2.85. The number of hydrogen-bond acceptors (Lipinski definition) is 18. The minimum atomic E-state index is -6.39. The van der Waals surface area contributed by atoms with Gasteiger partial charge in [0.05, 0.1) is 18.4 Å². The maximum atomic E-state index is 13.2. The average Bonchev–Trinajstić information content (AvgIpc) is 1.45. The Bertz CT molecular complexity index is 4250. The van der Waals surface area contributed by atoms with E-state index in [-0.39, 0.29) is 73.7 Å². The lowest BCUT2D eigenvalue weighted by Crippen LogP contribution is -2.71. The van der Waals surface area contributed by atoms with Crippen LogP contribution < -0.4 is 0 Å². The molecule has 0 aromatic rings. The fourth-order valence-electron chi connectivity index (χ4n) is 12.2. The molecule has 18 nitrogen and oxygen atoms in total. The van der Waals surface area contributed by atoms with E-state index in [2.05, 4.69) is 61.3 Å². The smallest absolute Gasteiger partial charge is 0.430 e. The summed E-state index contributed by atoms with van der Waals surface area (Å²) in [5.74, 6) is -48.2. The molecule has 4 bridgehead atoms. The van der Waals surface area contributed by atoms with Crippen molar-refractivity contribution in [3.63, 3.8) is 0 Å². The first kappa shape index (κ1) is 131. The number of fused-ring (bicyclic) bond motifs is 4. The summed E-state index contributed by atoms with van der Waals surface area (Å²) < 4.78 is 572. The molecule has 138 heavy (non-hydrogen) atoms. The first-order valence-electron chi connectivity index (χ1n) is 37.8. The molecule has 804 valence electrons. The van der Waals surface area contributed by atoms with Crippen LogP contribution in [0.5, 0.6) is 0 Å². The number of carbonyl (C=O) groups is 7. The molecule has 0 amide bonds. The highest BCUT2D eigenvalue weighted by atomic mass is 19.5. The number of rotatable bonds is 26. The zero-order valence-corrected chi connectivity index (χ0v) is 73.0. The molecule has 3 saturated carbocycles. The van der Waals surface area contributed by atoms with Gasteiger partial charge in [-0.25, -0.2) is 41.5 Å². The number of halogens is 43. The van der Waals surface area contributed by atoms with E-state index in [1.807, 2.05) is 32.9 Å². The van der Waals surface area contributed by atoms with Crippen molar-refractivity contribution >= 4 is 41.8 Å². The quantitative estimate of drug-likeness (QED) is 0.0206. The van der Waals surface area contributed by atoms with Crippen molar-refractivity contribution in [2.24, 2.45) is 40.9 Å². The second kappa shape index (κ2) is 44.0. The second-order valence-electron chi connectivity index (χ2n) is 33.7. The molecule has 0 aromatic heterocycles. The zero-order valence-electron chi connectivity index (χ0n) is 73.0. The Morgan fingerprint density at radius 1 is 0.341 bits per heavy atom. The summed E-state index contributed by atoms with van der Waals surface area (Å²) in [4.78, 5) is 78.8. The molecule has 0 saturated heterocycles. The van der Waals surface area contributed by atoms with Crippen molar-refractivity contribution in [1.29, 1.82) is 0 Å². The molecule has 4 N–H and O–H groups in total. The van der Waals surface area contributed by atoms with Gasteiger partial charge in [-0.1, -0.05) is 78.0 Å². The molecule has 6 atom stereocenters. The fourth-order valence-corrected chi connectivity index (χ4v) is 12.2. The first-order valence-corrected chi connectivity index (χ1v) is 37.8. The van der Waals surface area contributed by atoms with Crippen molar-refractivity contribution < 1.29 is 276 Å². The van der Waals surface area contributed by atoms with Gasteiger partial charge in [0.25, 0.3) is 22.4 Å². The predicted molar refractivity (Wildman–Crippen MR) is 382 cm³/mol. The molecule has 5 aliphatic rings. The lowest BCUT2D eigenvalue weighted by atomic mass is 9.79. The van der Waals surface area contributed by atoms with Crippen LogP contribution in [0.25, 0.3) is 0 Å². The van der Waals surface area contributed by atoms with Gasteiger partial charge in [-0.15, -0.1) is 0 Å². The molecule has 0 spiro atoms. The van der Waals surface area contributed by atoms with Crippen molar-refractivity contribution in [1.82, 2.24) is 0 Å². The summed E-state index contributed by atoms with van der Waals surface area (Å²) in [5, 5.41) is 37.0. The fraction of sp³-hybridized carbons (Fsp3) is 0.727. The number of ether oxygens (including phenoxy) is 7. The van der Waals surface area contributed by atoms with E-state index in [0.29, 0.717) is 59.1 Å². The second-order valence-corrected chi connectivity index (χ2v) is 33.7. The summed E-state index contributed by atoms with van der Waals surface area (Å²) in [7, 11) is 0. The van der Waals surface area contributed by atoms with Gasteiger partial charge in [-0.3, -0.25) is 9.59 Å². The van der Waals surface area contributed by atoms with Crippen LogP contribution in [0.4, 0.5) is 189 Å². The number of alkyl halides is 43. The average molecular weight is 2120 g/mol. The molecule has 5 aliphatic carbocycles. The zero-order chi connectivity index (χ0) is 111. The molecule has 61 heteroatoms. The van der Waals surface area contributed by atoms with Gasteiger partial charge in [0, 0.05) is 22.3 Å². The molecule has 5 rings (SSSR count). The minimum absolute atomic E-state index is 0.0298. The van der Waals surface area contributed by atoms with Crippen LogP contribution in [0, 0.1) is 40.9 Å². The van der Waals surface area contributed by atoms with Crippen LogP contribution >= 0.6 is 0 Å². The van der Waals surface area contributed by atoms with Crippen molar-refractivity contribution in [3.8, 4) is 0 Å². The van der Waals surface area contributed by atoms with Crippen LogP contribution in [-0.2, 0) is 66.7 Å². The third kappa shape index (κ3) is 29.5. The molecular weight excluding hydrogens is 2030 g/mol. The van der Waals surface area contributed by atoms with Crippen molar-refractivity contribution in [2.75, 3.05) is 19.8 Å². The third-order valence-corrected chi connectivity index (χ3v) is 20.2. The summed E-state index contributed by atoms with van der Waals surface area (Å²) in [6, 6.07) is 0. The maximum absolute atomic E-state index is 13.2. The maximum Gasteiger partial charge on any atom is 0.430 e. The largest absolute Gasteiger partial charge is 0.462 e. The van der Waals surface area contributed by atoms with Crippen LogP contribution in [0.3, 0.4) is 0 Å². The van der Waals surface area contributed by atoms with Gasteiger partial charge in [0.2, 0.25) is 0 Å². The molecule has 0 heterocycles. The van der Waals surface area contributed by atoms with Gasteiger partial charge in [0.15, 0.2) is 35.6 Å². The first-order chi connectivity index (χ1) is 60.4. The lowest BCUT2D eigenvalue weighted by Gasteiger charge is -2.45. The van der Waals surface area contributed by atoms with Gasteiger partial charge in [0.1, 0.15) is 5.57 Å². The monoisotopic (exact) mass is 2120 g/mol. The van der Waals surface area contributed by atoms with E-state index < -0.39 is 239 Å². The Labute approximate surface area is 752 Å². The Balaban J connectivity index is 0. The Kier molecular flexibility index (Phi) is 41.9. The Morgan fingerprint density at radius 3 is 0.833 bits per heavy atom. The van der Waals surface area contributed by atoms with E-state index >= 15 is 0 Å². The van der Waals surface area contributed by atoms with Crippen LogP contribution in [-0.4, -0.2) is 231 Å². The number of aliphatic hydroxyl groups is 4. The highest BCUT2D eigenvalue weighted by Crippen LogP contribution is 2.60. The van der Waals surface area contributed by atoms with Gasteiger partial charge in [-0.05, 0) is 150 Å². The number of allylic oxidation sites excluding steroid dienone is 4. The van der Waals surface area contributed by atoms with Crippen LogP contribution in [0.1, 0.15) is 141 Å². The SMILES string of the molecule is C=C(C(=O)OC(C)(C)C(O)(C(F)(F)F)C(F)(F)F)C(F)(F)F.C=C(C)C(=O)OC(C)(C)C(O)(C(F)(F)F)C(F)(F)F.C=C(C)C(=O)OC1(C(O)(C(F)(F)F)C(F)(F)F)CCCC1.C=C(C)C(=O)OCC(C)(C)C.C=C(C)C(=O)OCC(F)(F)C(F)(F)C(F)(F)C(F)F.CC(C)(OC(=O)C1CC2C=CC1C2)C(O)(C(F)(F)F)C(F)(F)F.O=C(OCC(F)(F)C(F)(F)C(F)(F)C(F)F)C1CC2C=CC1C2. The topological polar surface area (TPSA) is 265 Å².